The monoisotopic (exact) mass is 337 g/mol. The number of anilines is 1. The molecule has 0 N–H and O–H groups in total. The predicted octanol–water partition coefficient (Wildman–Crippen LogP) is 2.19. The molecule has 0 saturated carbocycles. The Labute approximate surface area is 134 Å². The van der Waals surface area contributed by atoms with Gasteiger partial charge in [0.15, 0.2) is 9.84 Å². The van der Waals surface area contributed by atoms with Crippen LogP contribution in [0.15, 0.2) is 6.33 Å². The van der Waals surface area contributed by atoms with E-state index >= 15 is 0 Å². The maximum Gasteiger partial charge on any atom is 0.158 e. The SMILES string of the molecule is CC1(C)CN(c2ncnc3sc4c(c23)CCC4)CCS1(=O)=O. The molecule has 0 amide bonds. The first-order chi connectivity index (χ1) is 10.4. The number of thiophene rings is 1. The van der Waals surface area contributed by atoms with Gasteiger partial charge < -0.3 is 4.90 Å². The third-order valence-corrected chi connectivity index (χ3v) is 8.56. The molecule has 0 bridgehead atoms. The van der Waals surface area contributed by atoms with Crippen LogP contribution in [0, 0.1) is 0 Å². The molecule has 4 rings (SSSR count). The highest BCUT2D eigenvalue weighted by molar-refractivity contribution is 7.92. The van der Waals surface area contributed by atoms with E-state index in [1.165, 1.54) is 16.9 Å². The van der Waals surface area contributed by atoms with E-state index in [1.54, 1.807) is 17.7 Å². The van der Waals surface area contributed by atoms with Crippen LogP contribution in [0.3, 0.4) is 0 Å². The average Bonchev–Trinajstić information content (AvgIpc) is 3.01. The molecule has 0 aromatic carbocycles. The molecule has 3 heterocycles. The highest BCUT2D eigenvalue weighted by Gasteiger charge is 2.41. The summed E-state index contributed by atoms with van der Waals surface area (Å²) in [7, 11) is -3.04. The number of aryl methyl sites for hydroxylation is 2. The predicted molar refractivity (Wildman–Crippen MR) is 89.5 cm³/mol. The molecular formula is C15H19N3O2S2. The second-order valence-electron chi connectivity index (χ2n) is 6.73. The number of hydrogen-bond donors (Lipinski definition) is 0. The van der Waals surface area contributed by atoms with Gasteiger partial charge >= 0.3 is 0 Å². The number of sulfone groups is 1. The van der Waals surface area contributed by atoms with Gasteiger partial charge in [0.05, 0.1) is 15.9 Å². The summed E-state index contributed by atoms with van der Waals surface area (Å²) in [6.45, 7) is 4.63. The number of aromatic nitrogens is 2. The van der Waals surface area contributed by atoms with Crippen molar-refractivity contribution in [3.05, 3.63) is 16.8 Å². The van der Waals surface area contributed by atoms with Gasteiger partial charge in [-0.25, -0.2) is 18.4 Å². The lowest BCUT2D eigenvalue weighted by Gasteiger charge is -2.38. The van der Waals surface area contributed by atoms with E-state index in [4.69, 9.17) is 0 Å². The lowest BCUT2D eigenvalue weighted by atomic mass is 10.1. The maximum atomic E-state index is 12.2. The topological polar surface area (TPSA) is 63.2 Å². The summed E-state index contributed by atoms with van der Waals surface area (Å²) in [5.74, 6) is 1.12. The molecule has 22 heavy (non-hydrogen) atoms. The molecule has 0 radical (unpaired) electrons. The molecule has 0 unspecified atom stereocenters. The van der Waals surface area contributed by atoms with Gasteiger partial charge in [-0.15, -0.1) is 11.3 Å². The van der Waals surface area contributed by atoms with Crippen LogP contribution in [0.25, 0.3) is 10.2 Å². The molecule has 1 aliphatic heterocycles. The summed E-state index contributed by atoms with van der Waals surface area (Å²) in [4.78, 5) is 13.6. The Kier molecular flexibility index (Phi) is 3.04. The van der Waals surface area contributed by atoms with Gasteiger partial charge in [-0.05, 0) is 38.7 Å². The molecule has 2 aliphatic rings. The number of rotatable bonds is 1. The largest absolute Gasteiger partial charge is 0.353 e. The third kappa shape index (κ3) is 1.98. The first-order valence-electron chi connectivity index (χ1n) is 7.61. The van der Waals surface area contributed by atoms with E-state index in [9.17, 15) is 8.42 Å². The van der Waals surface area contributed by atoms with Gasteiger partial charge in [0.2, 0.25) is 0 Å². The van der Waals surface area contributed by atoms with Gasteiger partial charge in [0.1, 0.15) is 17.0 Å². The second-order valence-corrected chi connectivity index (χ2v) is 10.6. The fourth-order valence-corrected chi connectivity index (χ4v) is 6.07. The van der Waals surface area contributed by atoms with Crippen molar-refractivity contribution < 1.29 is 8.42 Å². The maximum absolute atomic E-state index is 12.2. The van der Waals surface area contributed by atoms with E-state index < -0.39 is 14.6 Å². The van der Waals surface area contributed by atoms with E-state index in [-0.39, 0.29) is 5.75 Å². The second kappa shape index (κ2) is 4.64. The number of hydrogen-bond acceptors (Lipinski definition) is 6. The standard InChI is InChI=1S/C15H19N3O2S2/c1-15(2)8-18(6-7-22(15,19)20)13-12-10-4-3-5-11(10)21-14(12)17-9-16-13/h9H,3-8H2,1-2H3. The summed E-state index contributed by atoms with van der Waals surface area (Å²) in [6.07, 6.45) is 5.03. The Morgan fingerprint density at radius 2 is 2.09 bits per heavy atom. The Bertz CT molecular complexity index is 855. The summed E-state index contributed by atoms with van der Waals surface area (Å²) >= 11 is 1.77. The zero-order valence-corrected chi connectivity index (χ0v) is 14.4. The van der Waals surface area contributed by atoms with Crippen LogP contribution in [0.1, 0.15) is 30.7 Å². The van der Waals surface area contributed by atoms with Crippen LogP contribution >= 0.6 is 11.3 Å². The Hall–Kier alpha value is -1.21. The van der Waals surface area contributed by atoms with Crippen molar-refractivity contribution in [3.63, 3.8) is 0 Å². The number of nitrogens with zero attached hydrogens (tertiary/aromatic N) is 3. The van der Waals surface area contributed by atoms with Crippen molar-refractivity contribution >= 4 is 37.2 Å². The molecule has 0 atom stereocenters. The van der Waals surface area contributed by atoms with Crippen LogP contribution in [0.4, 0.5) is 5.82 Å². The summed E-state index contributed by atoms with van der Waals surface area (Å²) in [5.41, 5.74) is 1.39. The lowest BCUT2D eigenvalue weighted by molar-refractivity contribution is 0.522. The summed E-state index contributed by atoms with van der Waals surface area (Å²) in [6, 6.07) is 0. The van der Waals surface area contributed by atoms with E-state index in [0.29, 0.717) is 13.1 Å². The minimum Gasteiger partial charge on any atom is -0.353 e. The molecule has 1 aliphatic carbocycles. The molecule has 7 heteroatoms. The van der Waals surface area contributed by atoms with E-state index in [0.717, 1.165) is 28.9 Å². The van der Waals surface area contributed by atoms with Crippen molar-refractivity contribution in [1.82, 2.24) is 9.97 Å². The smallest absolute Gasteiger partial charge is 0.158 e. The fraction of sp³-hybridized carbons (Fsp3) is 0.600. The van der Waals surface area contributed by atoms with Crippen LogP contribution in [0.2, 0.25) is 0 Å². The van der Waals surface area contributed by atoms with Crippen LogP contribution in [-0.2, 0) is 22.7 Å². The van der Waals surface area contributed by atoms with Gasteiger partial charge in [0.25, 0.3) is 0 Å². The van der Waals surface area contributed by atoms with Gasteiger partial charge in [0, 0.05) is 18.0 Å². The molecule has 118 valence electrons. The summed E-state index contributed by atoms with van der Waals surface area (Å²) < 4.78 is 23.7. The van der Waals surface area contributed by atoms with Crippen LogP contribution in [-0.4, -0.2) is 42.0 Å². The van der Waals surface area contributed by atoms with E-state index in [1.807, 2.05) is 13.8 Å². The van der Waals surface area contributed by atoms with Gasteiger partial charge in [-0.2, -0.15) is 0 Å². The molecule has 2 aromatic rings. The first kappa shape index (κ1) is 14.4. The molecular weight excluding hydrogens is 318 g/mol. The molecule has 2 aromatic heterocycles. The Morgan fingerprint density at radius 3 is 2.86 bits per heavy atom. The zero-order chi connectivity index (χ0) is 15.5. The van der Waals surface area contributed by atoms with Gasteiger partial charge in [-0.3, -0.25) is 0 Å². The van der Waals surface area contributed by atoms with Crippen molar-refractivity contribution in [2.75, 3.05) is 23.7 Å². The van der Waals surface area contributed by atoms with Crippen molar-refractivity contribution in [1.29, 1.82) is 0 Å². The van der Waals surface area contributed by atoms with Crippen molar-refractivity contribution in [2.45, 2.75) is 37.9 Å². The lowest BCUT2D eigenvalue weighted by Crippen LogP contribution is -2.53. The molecule has 5 nitrogen and oxygen atoms in total. The normalized spacial score (nSPS) is 22.9. The minimum atomic E-state index is -3.04. The van der Waals surface area contributed by atoms with Crippen LogP contribution < -0.4 is 4.90 Å². The van der Waals surface area contributed by atoms with Crippen molar-refractivity contribution in [3.8, 4) is 0 Å². The summed E-state index contributed by atoms with van der Waals surface area (Å²) in [5, 5.41) is 1.16. The first-order valence-corrected chi connectivity index (χ1v) is 10.1. The molecule has 1 fully saturated rings. The fourth-order valence-electron chi connectivity index (χ4n) is 3.48. The third-order valence-electron chi connectivity index (χ3n) is 4.82. The highest BCUT2D eigenvalue weighted by Crippen LogP contribution is 2.41. The molecule has 1 saturated heterocycles. The number of fused-ring (bicyclic) bond motifs is 3. The molecule has 0 spiro atoms. The van der Waals surface area contributed by atoms with Gasteiger partial charge in [-0.1, -0.05) is 0 Å². The minimum absolute atomic E-state index is 0.192. The highest BCUT2D eigenvalue weighted by atomic mass is 32.2. The average molecular weight is 337 g/mol. The van der Waals surface area contributed by atoms with E-state index in [2.05, 4.69) is 14.9 Å². The quantitative estimate of drug-likeness (QED) is 0.798. The zero-order valence-electron chi connectivity index (χ0n) is 12.8. The van der Waals surface area contributed by atoms with Crippen LogP contribution in [0.5, 0.6) is 0 Å². The van der Waals surface area contributed by atoms with Crippen molar-refractivity contribution in [2.24, 2.45) is 0 Å². The Balaban J connectivity index is 1.82. The Morgan fingerprint density at radius 1 is 1.27 bits per heavy atom.